The quantitative estimate of drug-likeness (QED) is 0.234. The van der Waals surface area contributed by atoms with Gasteiger partial charge in [0.25, 0.3) is 0 Å². The highest BCUT2D eigenvalue weighted by Crippen LogP contribution is 2.13. The molecular formula is C23H44N2O5. The van der Waals surface area contributed by atoms with Crippen molar-refractivity contribution in [1.29, 1.82) is 0 Å². The summed E-state index contributed by atoms with van der Waals surface area (Å²) in [6.07, 6.45) is 13.8. The van der Waals surface area contributed by atoms with Crippen LogP contribution in [0.25, 0.3) is 0 Å². The van der Waals surface area contributed by atoms with Gasteiger partial charge in [0.2, 0.25) is 11.8 Å². The molecule has 176 valence electrons. The summed E-state index contributed by atoms with van der Waals surface area (Å²) in [7, 11) is 0. The molecule has 0 radical (unpaired) electrons. The zero-order valence-corrected chi connectivity index (χ0v) is 19.3. The van der Waals surface area contributed by atoms with E-state index in [9.17, 15) is 19.5 Å². The highest BCUT2D eigenvalue weighted by molar-refractivity contribution is 5.90. The first-order chi connectivity index (χ1) is 14.3. The second-order valence-electron chi connectivity index (χ2n) is 8.54. The molecular weight excluding hydrogens is 384 g/mol. The molecule has 0 aliphatic carbocycles. The first-order valence-corrected chi connectivity index (χ1v) is 11.8. The van der Waals surface area contributed by atoms with Crippen LogP contribution in [0.15, 0.2) is 0 Å². The van der Waals surface area contributed by atoms with Gasteiger partial charge < -0.3 is 20.8 Å². The summed E-state index contributed by atoms with van der Waals surface area (Å²) < 4.78 is 0. The molecule has 0 saturated heterocycles. The van der Waals surface area contributed by atoms with E-state index in [-0.39, 0.29) is 5.92 Å². The van der Waals surface area contributed by atoms with Crippen LogP contribution in [0.4, 0.5) is 0 Å². The van der Waals surface area contributed by atoms with Crippen LogP contribution < -0.4 is 10.6 Å². The SMILES string of the molecule is CCCCCCCCCCCCCC[C@H](O)C(=O)NC(C(=O)NCC(=O)O)C(C)C. The number of rotatable bonds is 19. The number of carboxylic acids is 1. The van der Waals surface area contributed by atoms with Gasteiger partial charge in [0, 0.05) is 0 Å². The Bertz CT molecular complexity index is 482. The molecule has 0 spiro atoms. The molecule has 30 heavy (non-hydrogen) atoms. The maximum absolute atomic E-state index is 12.2. The molecule has 0 aromatic rings. The van der Waals surface area contributed by atoms with E-state index < -0.39 is 36.5 Å². The predicted octanol–water partition coefficient (Wildman–Crippen LogP) is 3.78. The van der Waals surface area contributed by atoms with Crippen LogP contribution in [0.3, 0.4) is 0 Å². The lowest BCUT2D eigenvalue weighted by Crippen LogP contribution is -2.52. The molecule has 0 saturated carbocycles. The Balaban J connectivity index is 3.88. The van der Waals surface area contributed by atoms with E-state index in [1.807, 2.05) is 0 Å². The Morgan fingerprint density at radius 3 is 1.67 bits per heavy atom. The van der Waals surface area contributed by atoms with Crippen LogP contribution in [0.5, 0.6) is 0 Å². The number of carboxylic acid groups (broad SMARTS) is 1. The minimum absolute atomic E-state index is 0.221. The van der Waals surface area contributed by atoms with Crippen molar-refractivity contribution in [3.8, 4) is 0 Å². The number of aliphatic hydroxyl groups is 1. The second kappa shape index (κ2) is 18.2. The van der Waals surface area contributed by atoms with Gasteiger partial charge >= 0.3 is 5.97 Å². The van der Waals surface area contributed by atoms with Gasteiger partial charge in [-0.25, -0.2) is 0 Å². The summed E-state index contributed by atoms with van der Waals surface area (Å²) in [4.78, 5) is 34.8. The number of carbonyl (C=O) groups excluding carboxylic acids is 2. The van der Waals surface area contributed by atoms with E-state index in [4.69, 9.17) is 5.11 Å². The largest absolute Gasteiger partial charge is 0.480 e. The third kappa shape index (κ3) is 15.2. The van der Waals surface area contributed by atoms with E-state index in [0.717, 1.165) is 19.3 Å². The summed E-state index contributed by atoms with van der Waals surface area (Å²) in [5.74, 6) is -2.51. The molecule has 2 amide bonds. The van der Waals surface area contributed by atoms with E-state index in [1.165, 1.54) is 57.8 Å². The second-order valence-corrected chi connectivity index (χ2v) is 8.54. The minimum Gasteiger partial charge on any atom is -0.480 e. The summed E-state index contributed by atoms with van der Waals surface area (Å²) in [6.45, 7) is 5.24. The minimum atomic E-state index is -1.15. The fourth-order valence-electron chi connectivity index (χ4n) is 3.37. The van der Waals surface area contributed by atoms with Gasteiger partial charge in [-0.15, -0.1) is 0 Å². The van der Waals surface area contributed by atoms with Crippen molar-refractivity contribution in [2.75, 3.05) is 6.54 Å². The lowest BCUT2D eigenvalue weighted by molar-refractivity contribution is -0.139. The number of aliphatic hydroxyl groups excluding tert-OH is 1. The van der Waals surface area contributed by atoms with Crippen molar-refractivity contribution in [3.63, 3.8) is 0 Å². The molecule has 0 aromatic carbocycles. The number of carbonyl (C=O) groups is 3. The number of aliphatic carboxylic acids is 1. The van der Waals surface area contributed by atoms with E-state index in [1.54, 1.807) is 13.8 Å². The molecule has 0 rings (SSSR count). The molecule has 7 nitrogen and oxygen atoms in total. The van der Waals surface area contributed by atoms with Gasteiger partial charge in [-0.2, -0.15) is 0 Å². The molecule has 0 bridgehead atoms. The van der Waals surface area contributed by atoms with Crippen LogP contribution in [-0.2, 0) is 14.4 Å². The zero-order valence-electron chi connectivity index (χ0n) is 19.3. The molecule has 0 aliphatic rings. The number of hydrogen-bond acceptors (Lipinski definition) is 4. The van der Waals surface area contributed by atoms with Crippen LogP contribution in [-0.4, -0.2) is 46.7 Å². The average molecular weight is 429 g/mol. The Morgan fingerprint density at radius 2 is 1.23 bits per heavy atom. The van der Waals surface area contributed by atoms with Gasteiger partial charge in [0.05, 0.1) is 0 Å². The summed E-state index contributed by atoms with van der Waals surface area (Å²) in [5.41, 5.74) is 0. The monoisotopic (exact) mass is 428 g/mol. The maximum Gasteiger partial charge on any atom is 0.322 e. The first-order valence-electron chi connectivity index (χ1n) is 11.8. The van der Waals surface area contributed by atoms with Crippen molar-refractivity contribution in [1.82, 2.24) is 10.6 Å². The fourth-order valence-corrected chi connectivity index (χ4v) is 3.37. The van der Waals surface area contributed by atoms with Crippen LogP contribution >= 0.6 is 0 Å². The van der Waals surface area contributed by atoms with Gasteiger partial charge in [-0.1, -0.05) is 97.8 Å². The third-order valence-electron chi connectivity index (χ3n) is 5.29. The normalized spacial score (nSPS) is 13.1. The van der Waals surface area contributed by atoms with Gasteiger partial charge in [-0.3, -0.25) is 14.4 Å². The lowest BCUT2D eigenvalue weighted by Gasteiger charge is -2.22. The average Bonchev–Trinajstić information content (AvgIpc) is 2.70. The van der Waals surface area contributed by atoms with Crippen molar-refractivity contribution in [3.05, 3.63) is 0 Å². The molecule has 4 N–H and O–H groups in total. The Hall–Kier alpha value is -1.63. The molecule has 0 heterocycles. The van der Waals surface area contributed by atoms with Crippen molar-refractivity contribution >= 4 is 17.8 Å². The smallest absolute Gasteiger partial charge is 0.322 e. The molecule has 0 aromatic heterocycles. The number of unbranched alkanes of at least 4 members (excludes halogenated alkanes) is 11. The number of nitrogens with one attached hydrogen (secondary N) is 2. The Kier molecular flexibility index (Phi) is 17.2. The van der Waals surface area contributed by atoms with E-state index in [0.29, 0.717) is 6.42 Å². The summed E-state index contributed by atoms with van der Waals surface area (Å²) in [5, 5.41) is 23.5. The van der Waals surface area contributed by atoms with Crippen LogP contribution in [0.1, 0.15) is 104 Å². The maximum atomic E-state index is 12.2. The van der Waals surface area contributed by atoms with E-state index >= 15 is 0 Å². The highest BCUT2D eigenvalue weighted by Gasteiger charge is 2.26. The van der Waals surface area contributed by atoms with Crippen LogP contribution in [0.2, 0.25) is 0 Å². The van der Waals surface area contributed by atoms with E-state index in [2.05, 4.69) is 17.6 Å². The molecule has 0 fully saturated rings. The molecule has 0 aliphatic heterocycles. The summed E-state index contributed by atoms with van der Waals surface area (Å²) >= 11 is 0. The van der Waals surface area contributed by atoms with Gasteiger partial charge in [0.1, 0.15) is 18.7 Å². The highest BCUT2D eigenvalue weighted by atomic mass is 16.4. The number of amides is 2. The van der Waals surface area contributed by atoms with Crippen LogP contribution in [0, 0.1) is 5.92 Å². The van der Waals surface area contributed by atoms with Crippen molar-refractivity contribution in [2.24, 2.45) is 5.92 Å². The standard InChI is InChI=1S/C23H44N2O5/c1-4-5-6-7-8-9-10-11-12-13-14-15-16-19(26)22(29)25-21(18(2)3)23(30)24-17-20(27)28/h18-19,21,26H,4-17H2,1-3H3,(H,24,30)(H,25,29)(H,27,28)/t19-,21?/m0/s1. The third-order valence-corrected chi connectivity index (χ3v) is 5.29. The number of hydrogen-bond donors (Lipinski definition) is 4. The predicted molar refractivity (Wildman–Crippen MR) is 119 cm³/mol. The lowest BCUT2D eigenvalue weighted by atomic mass is 10.0. The van der Waals surface area contributed by atoms with Gasteiger partial charge in [0.15, 0.2) is 0 Å². The van der Waals surface area contributed by atoms with Gasteiger partial charge in [-0.05, 0) is 12.3 Å². The molecule has 2 atom stereocenters. The Labute approximate surface area is 182 Å². The van der Waals surface area contributed by atoms with Crippen molar-refractivity contribution < 1.29 is 24.6 Å². The first kappa shape index (κ1) is 28.4. The topological polar surface area (TPSA) is 116 Å². The fraction of sp³-hybridized carbons (Fsp3) is 0.870. The summed E-state index contributed by atoms with van der Waals surface area (Å²) in [6, 6.07) is -0.867. The molecule has 7 heteroatoms. The van der Waals surface area contributed by atoms with Crippen molar-refractivity contribution in [2.45, 2.75) is 116 Å². The Morgan fingerprint density at radius 1 is 0.767 bits per heavy atom. The molecule has 1 unspecified atom stereocenters. The zero-order chi connectivity index (χ0) is 22.8.